The Bertz CT molecular complexity index is 672. The molecule has 0 aliphatic carbocycles. The molecule has 0 spiro atoms. The molecule has 0 saturated heterocycles. The van der Waals surface area contributed by atoms with E-state index in [0.717, 1.165) is 22.0 Å². The third-order valence-electron chi connectivity index (χ3n) is 2.55. The summed E-state index contributed by atoms with van der Waals surface area (Å²) >= 11 is 1.53. The van der Waals surface area contributed by atoms with Crippen molar-refractivity contribution in [3.63, 3.8) is 0 Å². The lowest BCUT2D eigenvalue weighted by Gasteiger charge is -2.00. The van der Waals surface area contributed by atoms with Crippen LogP contribution in [0.25, 0.3) is 22.0 Å². The lowest BCUT2D eigenvalue weighted by Crippen LogP contribution is -1.98. The third-order valence-corrected chi connectivity index (χ3v) is 3.42. The maximum Gasteiger partial charge on any atom is 0.137 e. The van der Waals surface area contributed by atoms with Gasteiger partial charge < -0.3 is 10.7 Å². The topological polar surface area (TPSA) is 80.5 Å². The van der Waals surface area contributed by atoms with Crippen molar-refractivity contribution in [1.82, 2.24) is 19.9 Å². The Morgan fingerprint density at radius 3 is 2.94 bits per heavy atom. The zero-order valence-corrected chi connectivity index (χ0v) is 10.5. The molecule has 0 aromatic carbocycles. The van der Waals surface area contributed by atoms with Crippen molar-refractivity contribution in [1.29, 1.82) is 0 Å². The molecule has 0 bridgehead atoms. The van der Waals surface area contributed by atoms with E-state index < -0.39 is 0 Å². The molecule has 0 amide bonds. The zero-order valence-electron chi connectivity index (χ0n) is 9.71. The molecule has 3 aromatic rings. The zero-order chi connectivity index (χ0) is 12.5. The van der Waals surface area contributed by atoms with E-state index in [1.165, 1.54) is 11.3 Å². The van der Waals surface area contributed by atoms with Crippen molar-refractivity contribution in [3.05, 3.63) is 35.7 Å². The van der Waals surface area contributed by atoms with E-state index in [-0.39, 0.29) is 0 Å². The number of rotatable bonds is 2. The molecule has 3 aromatic heterocycles. The van der Waals surface area contributed by atoms with Crippen LogP contribution in [-0.2, 0) is 0 Å². The fourth-order valence-corrected chi connectivity index (χ4v) is 2.50. The smallest absolute Gasteiger partial charge is 0.137 e. The Morgan fingerprint density at radius 2 is 2.22 bits per heavy atom. The number of nitrogens with one attached hydrogen (secondary N) is 1. The third kappa shape index (κ3) is 1.86. The molecule has 3 N–H and O–H groups in total. The Labute approximate surface area is 108 Å². The fraction of sp³-hybridized carbons (Fsp3) is 0.0833. The van der Waals surface area contributed by atoms with Crippen LogP contribution in [0.4, 0.5) is 5.82 Å². The number of aryl methyl sites for hydroxylation is 1. The first-order chi connectivity index (χ1) is 8.74. The summed E-state index contributed by atoms with van der Waals surface area (Å²) in [5.41, 5.74) is 8.56. The number of nitrogens with two attached hydrogens (primary N) is 1. The summed E-state index contributed by atoms with van der Waals surface area (Å²) in [6, 6.07) is 3.92. The van der Waals surface area contributed by atoms with E-state index in [9.17, 15) is 0 Å². The summed E-state index contributed by atoms with van der Waals surface area (Å²) in [6.45, 7) is 1.81. The van der Waals surface area contributed by atoms with Crippen molar-refractivity contribution in [2.75, 3.05) is 5.73 Å². The number of nitrogen functional groups attached to an aromatic ring is 1. The van der Waals surface area contributed by atoms with Crippen LogP contribution in [-0.4, -0.2) is 19.9 Å². The van der Waals surface area contributed by atoms with Crippen LogP contribution < -0.4 is 5.73 Å². The van der Waals surface area contributed by atoms with Gasteiger partial charge in [0.1, 0.15) is 16.6 Å². The lowest BCUT2D eigenvalue weighted by atomic mass is 10.3. The monoisotopic (exact) mass is 257 g/mol. The minimum absolute atomic E-state index is 0.467. The van der Waals surface area contributed by atoms with E-state index in [4.69, 9.17) is 5.73 Å². The van der Waals surface area contributed by atoms with E-state index in [1.807, 2.05) is 30.6 Å². The van der Waals surface area contributed by atoms with Gasteiger partial charge in [0.05, 0.1) is 17.0 Å². The second-order valence-electron chi connectivity index (χ2n) is 3.84. The number of H-pyrrole nitrogens is 1. The van der Waals surface area contributed by atoms with Crippen molar-refractivity contribution in [2.24, 2.45) is 0 Å². The molecule has 5 nitrogen and oxygen atoms in total. The molecule has 18 heavy (non-hydrogen) atoms. The first-order valence-electron chi connectivity index (χ1n) is 5.43. The van der Waals surface area contributed by atoms with E-state index >= 15 is 0 Å². The SMILES string of the molecule is Cc1ncc(-c2nc(-c3ccc[nH]3)cs2)c(N)n1. The van der Waals surface area contributed by atoms with Crippen molar-refractivity contribution >= 4 is 17.2 Å². The van der Waals surface area contributed by atoms with Gasteiger partial charge in [0.2, 0.25) is 0 Å². The molecular weight excluding hydrogens is 246 g/mol. The highest BCUT2D eigenvalue weighted by Crippen LogP contribution is 2.30. The highest BCUT2D eigenvalue weighted by molar-refractivity contribution is 7.13. The second-order valence-corrected chi connectivity index (χ2v) is 4.70. The molecule has 0 aliphatic heterocycles. The predicted molar refractivity (Wildman–Crippen MR) is 72.1 cm³/mol. The summed E-state index contributed by atoms with van der Waals surface area (Å²) in [5, 5.41) is 2.82. The quantitative estimate of drug-likeness (QED) is 0.739. The number of aromatic nitrogens is 4. The van der Waals surface area contributed by atoms with E-state index in [0.29, 0.717) is 11.6 Å². The largest absolute Gasteiger partial charge is 0.383 e. The first-order valence-corrected chi connectivity index (χ1v) is 6.31. The van der Waals surface area contributed by atoms with Crippen molar-refractivity contribution in [3.8, 4) is 22.0 Å². The van der Waals surface area contributed by atoms with Crippen LogP contribution in [0.2, 0.25) is 0 Å². The van der Waals surface area contributed by atoms with Crippen LogP contribution in [0.1, 0.15) is 5.82 Å². The van der Waals surface area contributed by atoms with Crippen LogP contribution in [0.5, 0.6) is 0 Å². The summed E-state index contributed by atoms with van der Waals surface area (Å²) in [7, 11) is 0. The Hall–Kier alpha value is -2.21. The van der Waals surface area contributed by atoms with Gasteiger partial charge in [0.25, 0.3) is 0 Å². The molecule has 0 saturated carbocycles. The highest BCUT2D eigenvalue weighted by atomic mass is 32.1. The van der Waals surface area contributed by atoms with Crippen LogP contribution >= 0.6 is 11.3 Å². The molecule has 0 fully saturated rings. The van der Waals surface area contributed by atoms with Crippen LogP contribution in [0.3, 0.4) is 0 Å². The molecule has 90 valence electrons. The molecule has 0 radical (unpaired) electrons. The van der Waals surface area contributed by atoms with Gasteiger partial charge in [0.15, 0.2) is 0 Å². The average molecular weight is 257 g/mol. The normalized spacial score (nSPS) is 10.7. The standard InChI is InChI=1S/C12H11N5S/c1-7-15-5-8(11(13)16-7)12-17-10(6-18-12)9-3-2-4-14-9/h2-6,14H,1H3,(H2,13,15,16). The fourth-order valence-electron chi connectivity index (χ4n) is 1.66. The molecule has 6 heteroatoms. The van der Waals surface area contributed by atoms with Gasteiger partial charge in [-0.1, -0.05) is 0 Å². The number of hydrogen-bond donors (Lipinski definition) is 2. The second kappa shape index (κ2) is 4.23. The highest BCUT2D eigenvalue weighted by Gasteiger charge is 2.11. The minimum atomic E-state index is 0.467. The summed E-state index contributed by atoms with van der Waals surface area (Å²) in [6.07, 6.45) is 3.59. The van der Waals surface area contributed by atoms with Gasteiger partial charge in [0, 0.05) is 17.8 Å². The van der Waals surface area contributed by atoms with Gasteiger partial charge >= 0.3 is 0 Å². The minimum Gasteiger partial charge on any atom is -0.383 e. The number of anilines is 1. The van der Waals surface area contributed by atoms with Crippen LogP contribution in [0.15, 0.2) is 29.9 Å². The Kier molecular flexibility index (Phi) is 2.56. The molecule has 3 rings (SSSR count). The number of aromatic amines is 1. The maximum absolute atomic E-state index is 5.89. The molecule has 3 heterocycles. The van der Waals surface area contributed by atoms with Gasteiger partial charge in [-0.2, -0.15) is 0 Å². The van der Waals surface area contributed by atoms with E-state index in [1.54, 1.807) is 6.20 Å². The molecular formula is C12H11N5S. The van der Waals surface area contributed by atoms with Crippen molar-refractivity contribution in [2.45, 2.75) is 6.92 Å². The van der Waals surface area contributed by atoms with Crippen LogP contribution in [0, 0.1) is 6.92 Å². The molecule has 0 unspecified atom stereocenters. The summed E-state index contributed by atoms with van der Waals surface area (Å²) in [4.78, 5) is 16.0. The molecule has 0 atom stereocenters. The molecule has 0 aliphatic rings. The average Bonchev–Trinajstić information content (AvgIpc) is 2.99. The van der Waals surface area contributed by atoms with Gasteiger partial charge in [-0.15, -0.1) is 11.3 Å². The van der Waals surface area contributed by atoms with Crippen molar-refractivity contribution < 1.29 is 0 Å². The maximum atomic E-state index is 5.89. The summed E-state index contributed by atoms with van der Waals surface area (Å²) < 4.78 is 0. The number of nitrogens with zero attached hydrogens (tertiary/aromatic N) is 3. The Morgan fingerprint density at radius 1 is 1.33 bits per heavy atom. The number of thiazole rings is 1. The Balaban J connectivity index is 2.03. The first kappa shape index (κ1) is 10.9. The van der Waals surface area contributed by atoms with Gasteiger partial charge in [-0.3, -0.25) is 0 Å². The predicted octanol–water partition coefficient (Wildman–Crippen LogP) is 2.49. The van der Waals surface area contributed by atoms with E-state index in [2.05, 4.69) is 19.9 Å². The summed E-state index contributed by atoms with van der Waals surface area (Å²) in [5.74, 6) is 1.13. The van der Waals surface area contributed by atoms with Gasteiger partial charge in [-0.25, -0.2) is 15.0 Å². The number of hydrogen-bond acceptors (Lipinski definition) is 5. The lowest BCUT2D eigenvalue weighted by molar-refractivity contribution is 1.06. The van der Waals surface area contributed by atoms with Gasteiger partial charge in [-0.05, 0) is 19.1 Å².